The molecule has 1 N–H and O–H groups in total. The third-order valence-electron chi connectivity index (χ3n) is 4.29. The lowest BCUT2D eigenvalue weighted by molar-refractivity contribution is -0.140. The van der Waals surface area contributed by atoms with E-state index in [9.17, 15) is 18.0 Å². The van der Waals surface area contributed by atoms with Crippen molar-refractivity contribution in [1.29, 1.82) is 0 Å². The molecule has 0 saturated carbocycles. The highest BCUT2D eigenvalue weighted by Gasteiger charge is 2.31. The number of hydrogen-bond acceptors (Lipinski definition) is 3. The molecule has 8 heteroatoms. The molecule has 1 fully saturated rings. The van der Waals surface area contributed by atoms with E-state index in [1.54, 1.807) is 6.20 Å². The lowest BCUT2D eigenvalue weighted by atomic mass is 9.96. The first kappa shape index (κ1) is 18.0. The number of amides is 1. The maximum atomic E-state index is 12.3. The molecule has 1 amide bonds. The third-order valence-corrected chi connectivity index (χ3v) is 4.93. The number of aromatic nitrogens is 1. The summed E-state index contributed by atoms with van der Waals surface area (Å²) in [6.45, 7) is -0.128. The van der Waals surface area contributed by atoms with Crippen LogP contribution < -0.4 is 10.2 Å². The Bertz CT molecular complexity index is 781. The van der Waals surface area contributed by atoms with E-state index in [4.69, 9.17) is 0 Å². The summed E-state index contributed by atoms with van der Waals surface area (Å²) >= 11 is 3.48. The predicted octanol–water partition coefficient (Wildman–Crippen LogP) is 3.89. The normalized spacial score (nSPS) is 18.4. The minimum absolute atomic E-state index is 0.398. The third kappa shape index (κ3) is 4.23. The van der Waals surface area contributed by atoms with E-state index in [-0.39, 0.29) is 0 Å². The fourth-order valence-electron chi connectivity index (χ4n) is 3.14. The molecule has 2 aromatic rings. The monoisotopic (exact) mass is 415 g/mol. The van der Waals surface area contributed by atoms with Crippen LogP contribution in [0.4, 0.5) is 18.9 Å². The second-order valence-electron chi connectivity index (χ2n) is 6.08. The Balaban J connectivity index is 1.78. The number of carbonyl (C=O) groups excluding carboxylic acids is 1. The van der Waals surface area contributed by atoms with Crippen LogP contribution in [-0.2, 0) is 4.79 Å². The molecule has 0 aliphatic carbocycles. The van der Waals surface area contributed by atoms with Crippen LogP contribution in [0, 0.1) is 5.92 Å². The van der Waals surface area contributed by atoms with Gasteiger partial charge >= 0.3 is 6.18 Å². The molecular weight excluding hydrogens is 399 g/mol. The molecule has 2 heterocycles. The zero-order valence-electron chi connectivity index (χ0n) is 13.3. The Labute approximate surface area is 151 Å². The van der Waals surface area contributed by atoms with Crippen molar-refractivity contribution in [2.75, 3.05) is 24.5 Å². The van der Waals surface area contributed by atoms with Crippen LogP contribution in [0.1, 0.15) is 12.8 Å². The predicted molar refractivity (Wildman–Crippen MR) is 93.4 cm³/mol. The molecule has 0 radical (unpaired) electrons. The van der Waals surface area contributed by atoms with Gasteiger partial charge in [0, 0.05) is 34.8 Å². The van der Waals surface area contributed by atoms with Crippen molar-refractivity contribution in [3.05, 3.63) is 34.9 Å². The summed E-state index contributed by atoms with van der Waals surface area (Å²) in [6.07, 6.45) is -1.35. The number of hydrogen-bond donors (Lipinski definition) is 1. The highest BCUT2D eigenvalue weighted by molar-refractivity contribution is 9.10. The fourth-order valence-corrected chi connectivity index (χ4v) is 3.61. The molecule has 134 valence electrons. The van der Waals surface area contributed by atoms with E-state index in [1.807, 2.05) is 29.6 Å². The molecule has 4 nitrogen and oxygen atoms in total. The largest absolute Gasteiger partial charge is 0.405 e. The van der Waals surface area contributed by atoms with E-state index < -0.39 is 24.5 Å². The van der Waals surface area contributed by atoms with Crippen molar-refractivity contribution < 1.29 is 18.0 Å². The quantitative estimate of drug-likeness (QED) is 0.826. The summed E-state index contributed by atoms with van der Waals surface area (Å²) in [5.74, 6) is -0.993. The second kappa shape index (κ2) is 7.19. The van der Waals surface area contributed by atoms with Crippen molar-refractivity contribution in [3.8, 4) is 0 Å². The van der Waals surface area contributed by atoms with Gasteiger partial charge in [-0.3, -0.25) is 9.78 Å². The number of rotatable bonds is 3. The lowest BCUT2D eigenvalue weighted by Gasteiger charge is -2.34. The molecule has 0 spiro atoms. The smallest absolute Gasteiger partial charge is 0.370 e. The number of para-hydroxylation sites is 1. The van der Waals surface area contributed by atoms with Gasteiger partial charge in [0.15, 0.2) is 0 Å². The Morgan fingerprint density at radius 2 is 2.16 bits per heavy atom. The van der Waals surface area contributed by atoms with Crippen LogP contribution in [-0.4, -0.2) is 36.7 Å². The van der Waals surface area contributed by atoms with E-state index >= 15 is 0 Å². The van der Waals surface area contributed by atoms with Crippen molar-refractivity contribution in [3.63, 3.8) is 0 Å². The number of anilines is 1. The number of piperidine rings is 1. The number of nitrogens with zero attached hydrogens (tertiary/aromatic N) is 2. The Hall–Kier alpha value is -1.83. The van der Waals surface area contributed by atoms with Gasteiger partial charge in [0.2, 0.25) is 5.91 Å². The minimum atomic E-state index is -4.39. The van der Waals surface area contributed by atoms with Gasteiger partial charge in [-0.05, 0) is 40.9 Å². The molecule has 1 saturated heterocycles. The highest BCUT2D eigenvalue weighted by atomic mass is 79.9. The number of benzene rings is 1. The molecule has 1 aliphatic rings. The van der Waals surface area contributed by atoms with Gasteiger partial charge in [0.25, 0.3) is 0 Å². The van der Waals surface area contributed by atoms with Gasteiger partial charge in [-0.25, -0.2) is 0 Å². The first-order chi connectivity index (χ1) is 11.8. The average molecular weight is 416 g/mol. The topological polar surface area (TPSA) is 45.2 Å². The standard InChI is InChI=1S/C17H17BrF3N3O/c18-13-5-1-4-12-14(6-7-22-15(12)13)24-8-2-3-11(9-24)16(25)23-10-17(19,20)21/h1,4-7,11H,2-3,8-10H2,(H,23,25). The van der Waals surface area contributed by atoms with Crippen molar-refractivity contribution in [2.45, 2.75) is 19.0 Å². The van der Waals surface area contributed by atoms with Crippen LogP contribution >= 0.6 is 15.9 Å². The van der Waals surface area contributed by atoms with Crippen LogP contribution in [0.25, 0.3) is 10.9 Å². The van der Waals surface area contributed by atoms with Gasteiger partial charge < -0.3 is 10.2 Å². The second-order valence-corrected chi connectivity index (χ2v) is 6.94. The minimum Gasteiger partial charge on any atom is -0.370 e. The Kier molecular flexibility index (Phi) is 5.17. The first-order valence-electron chi connectivity index (χ1n) is 7.98. The van der Waals surface area contributed by atoms with Gasteiger partial charge in [-0.1, -0.05) is 12.1 Å². The molecule has 3 rings (SSSR count). The zero-order valence-corrected chi connectivity index (χ0v) is 14.9. The van der Waals surface area contributed by atoms with Crippen molar-refractivity contribution in [2.24, 2.45) is 5.92 Å². The molecule has 1 aliphatic heterocycles. The SMILES string of the molecule is O=C(NCC(F)(F)F)C1CCCN(c2ccnc3c(Br)cccc23)C1. The highest BCUT2D eigenvalue weighted by Crippen LogP contribution is 2.32. The number of alkyl halides is 3. The summed E-state index contributed by atoms with van der Waals surface area (Å²) in [5.41, 5.74) is 1.77. The number of halogens is 4. The van der Waals surface area contributed by atoms with Gasteiger partial charge in [0.1, 0.15) is 6.54 Å². The van der Waals surface area contributed by atoms with E-state index in [0.717, 1.165) is 34.0 Å². The van der Waals surface area contributed by atoms with Crippen LogP contribution in [0.5, 0.6) is 0 Å². The van der Waals surface area contributed by atoms with Crippen LogP contribution in [0.3, 0.4) is 0 Å². The number of pyridine rings is 1. The molecule has 0 bridgehead atoms. The number of fused-ring (bicyclic) bond motifs is 1. The molecule has 1 aromatic carbocycles. The van der Waals surface area contributed by atoms with E-state index in [0.29, 0.717) is 13.0 Å². The molecular formula is C17H17BrF3N3O. The van der Waals surface area contributed by atoms with Crippen LogP contribution in [0.15, 0.2) is 34.9 Å². The summed E-state index contributed by atoms with van der Waals surface area (Å²) < 4.78 is 37.8. The summed E-state index contributed by atoms with van der Waals surface area (Å²) in [5, 5.41) is 2.95. The number of carbonyl (C=O) groups is 1. The van der Waals surface area contributed by atoms with E-state index in [1.165, 1.54) is 0 Å². The summed E-state index contributed by atoms with van der Waals surface area (Å²) in [4.78, 5) is 18.5. The first-order valence-corrected chi connectivity index (χ1v) is 8.77. The lowest BCUT2D eigenvalue weighted by Crippen LogP contribution is -2.45. The van der Waals surface area contributed by atoms with Gasteiger partial charge in [-0.2, -0.15) is 13.2 Å². The van der Waals surface area contributed by atoms with Crippen molar-refractivity contribution in [1.82, 2.24) is 10.3 Å². The van der Waals surface area contributed by atoms with E-state index in [2.05, 4.69) is 25.8 Å². The zero-order chi connectivity index (χ0) is 18.0. The Morgan fingerprint density at radius 1 is 1.36 bits per heavy atom. The molecule has 25 heavy (non-hydrogen) atoms. The van der Waals surface area contributed by atoms with Gasteiger partial charge in [0.05, 0.1) is 11.4 Å². The maximum Gasteiger partial charge on any atom is 0.405 e. The summed E-state index contributed by atoms with van der Waals surface area (Å²) in [6, 6.07) is 7.65. The van der Waals surface area contributed by atoms with Gasteiger partial charge in [-0.15, -0.1) is 0 Å². The maximum absolute atomic E-state index is 12.3. The number of nitrogens with one attached hydrogen (secondary N) is 1. The summed E-state index contributed by atoms with van der Waals surface area (Å²) in [7, 11) is 0. The Morgan fingerprint density at radius 3 is 2.92 bits per heavy atom. The van der Waals surface area contributed by atoms with Crippen LogP contribution in [0.2, 0.25) is 0 Å². The molecule has 1 aromatic heterocycles. The average Bonchev–Trinajstić information content (AvgIpc) is 2.59. The molecule has 1 atom stereocenters. The fraction of sp³-hybridized carbons (Fsp3) is 0.412. The van der Waals surface area contributed by atoms with Crippen molar-refractivity contribution >= 4 is 38.4 Å². The molecule has 1 unspecified atom stereocenters.